The lowest BCUT2D eigenvalue weighted by molar-refractivity contribution is 0.0476. The van der Waals surface area contributed by atoms with Crippen molar-refractivity contribution in [2.75, 3.05) is 6.61 Å². The Balaban J connectivity index is 1.75. The number of hydrogen-bond acceptors (Lipinski definition) is 3. The first kappa shape index (κ1) is 16.5. The molecule has 0 heterocycles. The Morgan fingerprint density at radius 2 is 1.62 bits per heavy atom. The Bertz CT molecular complexity index is 930. The van der Waals surface area contributed by atoms with E-state index in [9.17, 15) is 9.59 Å². The quantitative estimate of drug-likeness (QED) is 0.476. The smallest absolute Gasteiger partial charge is 0.339 e. The number of ketones is 1. The zero-order valence-electron chi connectivity index (χ0n) is 12.5. The number of Topliss-reactive ketones (excluding diaryl/α,β-unsaturated/α-hetero) is 1. The van der Waals surface area contributed by atoms with E-state index in [1.54, 1.807) is 18.2 Å². The van der Waals surface area contributed by atoms with Gasteiger partial charge in [-0.2, -0.15) is 0 Å². The predicted octanol–water partition coefficient (Wildman–Crippen LogP) is 5.19. The third kappa shape index (κ3) is 3.42. The number of esters is 1. The van der Waals surface area contributed by atoms with Crippen LogP contribution in [0.4, 0.5) is 0 Å². The molecule has 0 radical (unpaired) electrons. The first-order chi connectivity index (χ1) is 11.6. The van der Waals surface area contributed by atoms with E-state index in [1.165, 1.54) is 12.1 Å². The molecule has 0 aliphatic carbocycles. The average Bonchev–Trinajstić information content (AvgIpc) is 2.61. The Labute approximate surface area is 148 Å². The number of rotatable bonds is 4. The summed E-state index contributed by atoms with van der Waals surface area (Å²) in [5.41, 5.74) is 0.769. The molecule has 5 heteroatoms. The molecular formula is C19H12Cl2O3. The minimum absolute atomic E-state index is 0.280. The molecule has 0 N–H and O–H groups in total. The van der Waals surface area contributed by atoms with E-state index in [-0.39, 0.29) is 17.4 Å². The van der Waals surface area contributed by atoms with E-state index in [0.29, 0.717) is 16.1 Å². The van der Waals surface area contributed by atoms with Crippen molar-refractivity contribution in [3.63, 3.8) is 0 Å². The highest BCUT2D eigenvalue weighted by atomic mass is 35.5. The predicted molar refractivity (Wildman–Crippen MR) is 95.0 cm³/mol. The lowest BCUT2D eigenvalue weighted by Crippen LogP contribution is -2.14. The summed E-state index contributed by atoms with van der Waals surface area (Å²) in [6.45, 7) is -0.361. The summed E-state index contributed by atoms with van der Waals surface area (Å²) in [4.78, 5) is 24.4. The van der Waals surface area contributed by atoms with E-state index in [0.717, 1.165) is 10.8 Å². The molecule has 0 saturated carbocycles. The largest absolute Gasteiger partial charge is 0.454 e. The molecule has 3 aromatic carbocycles. The first-order valence-electron chi connectivity index (χ1n) is 7.19. The van der Waals surface area contributed by atoms with Crippen molar-refractivity contribution in [2.24, 2.45) is 0 Å². The molecule has 0 amide bonds. The first-order valence-corrected chi connectivity index (χ1v) is 7.95. The van der Waals surface area contributed by atoms with Gasteiger partial charge in [0.25, 0.3) is 0 Å². The summed E-state index contributed by atoms with van der Waals surface area (Å²) in [6.07, 6.45) is 0. The summed E-state index contributed by atoms with van der Waals surface area (Å²) in [6, 6.07) is 17.4. The van der Waals surface area contributed by atoms with Crippen LogP contribution in [0.25, 0.3) is 10.8 Å². The highest BCUT2D eigenvalue weighted by molar-refractivity contribution is 6.42. The molecular weight excluding hydrogens is 347 g/mol. The van der Waals surface area contributed by atoms with Gasteiger partial charge in [-0.3, -0.25) is 4.79 Å². The van der Waals surface area contributed by atoms with Crippen LogP contribution in [0.1, 0.15) is 20.7 Å². The van der Waals surface area contributed by atoms with Crippen LogP contribution in [0.15, 0.2) is 60.7 Å². The SMILES string of the molecule is O=C(COC(=O)c1cccc2ccccc12)c1ccc(Cl)c(Cl)c1. The molecule has 0 unspecified atom stereocenters. The van der Waals surface area contributed by atoms with E-state index in [2.05, 4.69) is 0 Å². The van der Waals surface area contributed by atoms with Crippen LogP contribution in [0.2, 0.25) is 10.0 Å². The van der Waals surface area contributed by atoms with Crippen molar-refractivity contribution in [3.8, 4) is 0 Å². The maximum atomic E-state index is 12.3. The standard InChI is InChI=1S/C19H12Cl2O3/c20-16-9-8-13(10-17(16)21)18(22)11-24-19(23)15-7-3-5-12-4-1-2-6-14(12)15/h1-10H,11H2. The Hall–Kier alpha value is -2.36. The van der Waals surface area contributed by atoms with Gasteiger partial charge in [0.2, 0.25) is 0 Å². The van der Waals surface area contributed by atoms with Gasteiger partial charge in [0, 0.05) is 5.56 Å². The summed E-state index contributed by atoms with van der Waals surface area (Å²) < 4.78 is 5.16. The number of halogens is 2. The summed E-state index contributed by atoms with van der Waals surface area (Å²) >= 11 is 11.7. The Morgan fingerprint density at radius 3 is 2.42 bits per heavy atom. The second-order valence-electron chi connectivity index (χ2n) is 5.15. The van der Waals surface area contributed by atoms with E-state index < -0.39 is 5.97 Å². The van der Waals surface area contributed by atoms with Gasteiger partial charge in [0.15, 0.2) is 12.4 Å². The maximum Gasteiger partial charge on any atom is 0.339 e. The minimum Gasteiger partial charge on any atom is -0.454 e. The Kier molecular flexibility index (Phi) is 4.84. The van der Waals surface area contributed by atoms with Gasteiger partial charge in [-0.15, -0.1) is 0 Å². The molecule has 0 spiro atoms. The third-order valence-electron chi connectivity index (χ3n) is 3.59. The summed E-state index contributed by atoms with van der Waals surface area (Å²) in [7, 11) is 0. The topological polar surface area (TPSA) is 43.4 Å². The van der Waals surface area contributed by atoms with Gasteiger partial charge in [-0.05, 0) is 35.0 Å². The fraction of sp³-hybridized carbons (Fsp3) is 0.0526. The van der Waals surface area contributed by atoms with Crippen LogP contribution in [-0.4, -0.2) is 18.4 Å². The van der Waals surface area contributed by atoms with Crippen molar-refractivity contribution in [2.45, 2.75) is 0 Å². The molecule has 3 rings (SSSR count). The van der Waals surface area contributed by atoms with E-state index >= 15 is 0 Å². The lowest BCUT2D eigenvalue weighted by Gasteiger charge is -2.07. The number of fused-ring (bicyclic) bond motifs is 1. The van der Waals surface area contributed by atoms with Crippen molar-refractivity contribution in [3.05, 3.63) is 81.8 Å². The molecule has 0 bridgehead atoms. The molecule has 0 aliphatic heterocycles. The number of ether oxygens (including phenoxy) is 1. The molecule has 120 valence electrons. The van der Waals surface area contributed by atoms with Gasteiger partial charge in [0.1, 0.15) is 0 Å². The van der Waals surface area contributed by atoms with Gasteiger partial charge in [-0.25, -0.2) is 4.79 Å². The van der Waals surface area contributed by atoms with Crippen LogP contribution in [0.5, 0.6) is 0 Å². The van der Waals surface area contributed by atoms with Gasteiger partial charge in [-0.1, -0.05) is 59.6 Å². The van der Waals surface area contributed by atoms with Crippen molar-refractivity contribution in [1.82, 2.24) is 0 Å². The van der Waals surface area contributed by atoms with Crippen LogP contribution in [0, 0.1) is 0 Å². The van der Waals surface area contributed by atoms with Crippen LogP contribution < -0.4 is 0 Å². The monoisotopic (exact) mass is 358 g/mol. The van der Waals surface area contributed by atoms with Crippen LogP contribution in [0.3, 0.4) is 0 Å². The van der Waals surface area contributed by atoms with Crippen molar-refractivity contribution >= 4 is 45.7 Å². The molecule has 24 heavy (non-hydrogen) atoms. The Morgan fingerprint density at radius 1 is 0.875 bits per heavy atom. The van der Waals surface area contributed by atoms with E-state index in [4.69, 9.17) is 27.9 Å². The summed E-state index contributed by atoms with van der Waals surface area (Å²) in [5, 5.41) is 2.36. The van der Waals surface area contributed by atoms with Crippen molar-refractivity contribution in [1.29, 1.82) is 0 Å². The minimum atomic E-state index is -0.541. The third-order valence-corrected chi connectivity index (χ3v) is 4.32. The van der Waals surface area contributed by atoms with Crippen LogP contribution in [-0.2, 0) is 4.74 Å². The van der Waals surface area contributed by atoms with Crippen molar-refractivity contribution < 1.29 is 14.3 Å². The van der Waals surface area contributed by atoms with Gasteiger partial charge < -0.3 is 4.74 Å². The number of carbonyl (C=O) groups is 2. The second kappa shape index (κ2) is 7.04. The molecule has 0 atom stereocenters. The zero-order valence-corrected chi connectivity index (χ0v) is 14.0. The molecule has 0 saturated heterocycles. The molecule has 0 fully saturated rings. The maximum absolute atomic E-state index is 12.3. The average molecular weight is 359 g/mol. The molecule has 0 aliphatic rings. The van der Waals surface area contributed by atoms with E-state index in [1.807, 2.05) is 30.3 Å². The zero-order chi connectivity index (χ0) is 17.1. The molecule has 3 aromatic rings. The number of carbonyl (C=O) groups excluding carboxylic acids is 2. The fourth-order valence-corrected chi connectivity index (χ4v) is 2.66. The van der Waals surface area contributed by atoms with Gasteiger partial charge in [0.05, 0.1) is 15.6 Å². The molecule has 3 nitrogen and oxygen atoms in total. The van der Waals surface area contributed by atoms with Gasteiger partial charge >= 0.3 is 5.97 Å². The second-order valence-corrected chi connectivity index (χ2v) is 5.97. The normalized spacial score (nSPS) is 10.6. The highest BCUT2D eigenvalue weighted by Gasteiger charge is 2.14. The number of benzene rings is 3. The summed E-state index contributed by atoms with van der Waals surface area (Å²) in [5.74, 6) is -0.887. The number of hydrogen-bond donors (Lipinski definition) is 0. The van der Waals surface area contributed by atoms with Crippen LogP contribution >= 0.6 is 23.2 Å². The lowest BCUT2D eigenvalue weighted by atomic mass is 10.0. The molecule has 0 aromatic heterocycles. The highest BCUT2D eigenvalue weighted by Crippen LogP contribution is 2.23. The fourth-order valence-electron chi connectivity index (χ4n) is 2.37.